The molecule has 0 N–H and O–H groups in total. The van der Waals surface area contributed by atoms with Gasteiger partial charge < -0.3 is 13.6 Å². The highest BCUT2D eigenvalue weighted by Gasteiger charge is 2.16. The maximum atomic E-state index is 12.8. The first kappa shape index (κ1) is 21.0. The van der Waals surface area contributed by atoms with E-state index in [-0.39, 0.29) is 18.7 Å². The summed E-state index contributed by atoms with van der Waals surface area (Å²) in [6, 6.07) is 11.8. The maximum absolute atomic E-state index is 12.8. The first-order chi connectivity index (χ1) is 15.9. The molecule has 0 aliphatic rings. The van der Waals surface area contributed by atoms with Crippen molar-refractivity contribution in [2.45, 2.75) is 26.5 Å². The molecule has 0 radical (unpaired) electrons. The zero-order valence-corrected chi connectivity index (χ0v) is 18.2. The molecule has 5 aromatic rings. The molecule has 0 saturated carbocycles. The molecule has 33 heavy (non-hydrogen) atoms. The highest BCUT2D eigenvalue weighted by atomic mass is 35.5. The molecule has 8 nitrogen and oxygen atoms in total. The number of esters is 1. The van der Waals surface area contributed by atoms with Crippen LogP contribution in [0.2, 0.25) is 5.02 Å². The lowest BCUT2D eigenvalue weighted by Crippen LogP contribution is -2.25. The molecular formula is C24H17ClN2O6. The van der Waals surface area contributed by atoms with Gasteiger partial charge in [0.15, 0.2) is 0 Å². The van der Waals surface area contributed by atoms with Crippen LogP contribution in [-0.2, 0) is 29.1 Å². The van der Waals surface area contributed by atoms with E-state index < -0.39 is 17.2 Å². The third-order valence-electron chi connectivity index (χ3n) is 5.42. The summed E-state index contributed by atoms with van der Waals surface area (Å²) >= 11 is 6.30. The van der Waals surface area contributed by atoms with Crippen LogP contribution in [0, 0.1) is 0 Å². The Morgan fingerprint density at radius 1 is 1.06 bits per heavy atom. The van der Waals surface area contributed by atoms with Crippen LogP contribution in [0.25, 0.3) is 33.0 Å². The lowest BCUT2D eigenvalue weighted by atomic mass is 10.1. The molecule has 0 spiro atoms. The Balaban J connectivity index is 1.39. The standard InChI is InChI=1S/C24H17ClN2O6/c1-2-13-7-19-16(9-17(13)25)14(8-20(28)32-19)11-31-21(29)10-27-12-26-22-15-5-3-4-6-18(15)33-23(22)24(27)30/h3-9,12H,2,10-11H2,1H3. The van der Waals surface area contributed by atoms with Gasteiger partial charge in [-0.15, -0.1) is 0 Å². The fourth-order valence-electron chi connectivity index (χ4n) is 3.75. The molecule has 0 bridgehead atoms. The smallest absolute Gasteiger partial charge is 0.336 e. The van der Waals surface area contributed by atoms with E-state index in [0.717, 1.165) is 15.5 Å². The summed E-state index contributed by atoms with van der Waals surface area (Å²) in [6.45, 7) is 1.40. The van der Waals surface area contributed by atoms with E-state index in [9.17, 15) is 14.4 Å². The number of carbonyl (C=O) groups excluding carboxylic acids is 1. The van der Waals surface area contributed by atoms with Crippen LogP contribution in [-0.4, -0.2) is 15.5 Å². The number of rotatable bonds is 5. The number of hydrogen-bond donors (Lipinski definition) is 0. The highest BCUT2D eigenvalue weighted by molar-refractivity contribution is 6.32. The summed E-state index contributed by atoms with van der Waals surface area (Å²) in [5, 5.41) is 1.83. The fourth-order valence-corrected chi connectivity index (χ4v) is 4.05. The van der Waals surface area contributed by atoms with Crippen molar-refractivity contribution in [1.82, 2.24) is 9.55 Å². The number of fused-ring (bicyclic) bond motifs is 4. The van der Waals surface area contributed by atoms with Gasteiger partial charge in [-0.05, 0) is 36.2 Å². The minimum Gasteiger partial charge on any atom is -0.459 e. The largest absolute Gasteiger partial charge is 0.459 e. The van der Waals surface area contributed by atoms with Crippen LogP contribution >= 0.6 is 11.6 Å². The predicted molar refractivity (Wildman–Crippen MR) is 122 cm³/mol. The highest BCUT2D eigenvalue weighted by Crippen LogP contribution is 2.27. The van der Waals surface area contributed by atoms with Crippen molar-refractivity contribution >= 4 is 50.6 Å². The van der Waals surface area contributed by atoms with E-state index in [4.69, 9.17) is 25.2 Å². The van der Waals surface area contributed by atoms with E-state index in [0.29, 0.717) is 39.1 Å². The predicted octanol–water partition coefficient (Wildman–Crippen LogP) is 4.21. The van der Waals surface area contributed by atoms with Crippen LogP contribution in [0.4, 0.5) is 0 Å². The van der Waals surface area contributed by atoms with Gasteiger partial charge in [-0.3, -0.25) is 14.2 Å². The van der Waals surface area contributed by atoms with Gasteiger partial charge in [0.25, 0.3) is 5.56 Å². The quantitative estimate of drug-likeness (QED) is 0.283. The summed E-state index contributed by atoms with van der Waals surface area (Å²) in [6.07, 6.45) is 1.96. The minimum absolute atomic E-state index is 0.0690. The van der Waals surface area contributed by atoms with Crippen LogP contribution in [0.1, 0.15) is 18.1 Å². The Kier molecular flexibility index (Phi) is 5.22. The lowest BCUT2D eigenvalue weighted by molar-refractivity contribution is -0.145. The average Bonchev–Trinajstić information content (AvgIpc) is 3.19. The normalized spacial score (nSPS) is 11.5. The summed E-state index contributed by atoms with van der Waals surface area (Å²) in [5.74, 6) is -0.674. The zero-order valence-electron chi connectivity index (χ0n) is 17.5. The molecule has 0 fully saturated rings. The monoisotopic (exact) mass is 464 g/mol. The van der Waals surface area contributed by atoms with Gasteiger partial charge in [0.1, 0.15) is 29.8 Å². The lowest BCUT2D eigenvalue weighted by Gasteiger charge is -2.10. The van der Waals surface area contributed by atoms with Crippen LogP contribution in [0.15, 0.2) is 67.2 Å². The number of aromatic nitrogens is 2. The maximum Gasteiger partial charge on any atom is 0.336 e. The topological polar surface area (TPSA) is 105 Å². The van der Waals surface area contributed by atoms with Gasteiger partial charge in [-0.25, -0.2) is 9.78 Å². The summed E-state index contributed by atoms with van der Waals surface area (Å²) < 4.78 is 17.3. The second kappa shape index (κ2) is 8.22. The third-order valence-corrected chi connectivity index (χ3v) is 5.77. The molecular weight excluding hydrogens is 448 g/mol. The molecule has 5 rings (SSSR count). The van der Waals surface area contributed by atoms with Crippen molar-refractivity contribution in [3.05, 3.63) is 85.7 Å². The zero-order chi connectivity index (χ0) is 23.1. The summed E-state index contributed by atoms with van der Waals surface area (Å²) in [5.41, 5.74) is 1.66. The number of nitrogens with zero attached hydrogens (tertiary/aromatic N) is 2. The molecule has 3 heterocycles. The molecule has 0 amide bonds. The van der Waals surface area contributed by atoms with Gasteiger partial charge in [0.2, 0.25) is 5.58 Å². The van der Waals surface area contributed by atoms with E-state index in [1.807, 2.05) is 19.1 Å². The van der Waals surface area contributed by atoms with E-state index in [2.05, 4.69) is 4.98 Å². The number of ether oxygens (including phenoxy) is 1. The Labute approximate surface area is 191 Å². The first-order valence-electron chi connectivity index (χ1n) is 10.2. The number of benzene rings is 2. The number of aryl methyl sites for hydroxylation is 1. The van der Waals surface area contributed by atoms with E-state index >= 15 is 0 Å². The van der Waals surface area contributed by atoms with Crippen molar-refractivity contribution < 1.29 is 18.4 Å². The average molecular weight is 465 g/mol. The molecule has 0 atom stereocenters. The molecule has 0 aliphatic heterocycles. The molecule has 2 aromatic carbocycles. The molecule has 166 valence electrons. The third kappa shape index (κ3) is 3.78. The Morgan fingerprint density at radius 2 is 1.88 bits per heavy atom. The van der Waals surface area contributed by atoms with Gasteiger partial charge in [-0.2, -0.15) is 0 Å². The van der Waals surface area contributed by atoms with Crippen molar-refractivity contribution in [3.63, 3.8) is 0 Å². The summed E-state index contributed by atoms with van der Waals surface area (Å²) in [4.78, 5) is 41.5. The van der Waals surface area contributed by atoms with Gasteiger partial charge in [-0.1, -0.05) is 30.7 Å². The van der Waals surface area contributed by atoms with Crippen molar-refractivity contribution in [2.75, 3.05) is 0 Å². The van der Waals surface area contributed by atoms with Crippen molar-refractivity contribution in [3.8, 4) is 0 Å². The number of halogens is 1. The van der Waals surface area contributed by atoms with Gasteiger partial charge in [0.05, 0.1) is 6.33 Å². The Morgan fingerprint density at radius 3 is 2.70 bits per heavy atom. The van der Waals surface area contributed by atoms with Crippen molar-refractivity contribution in [2.24, 2.45) is 0 Å². The van der Waals surface area contributed by atoms with Crippen LogP contribution in [0.3, 0.4) is 0 Å². The van der Waals surface area contributed by atoms with Crippen LogP contribution < -0.4 is 11.2 Å². The SMILES string of the molecule is CCc1cc2oc(=O)cc(COC(=O)Cn3cnc4c(oc5ccccc54)c3=O)c2cc1Cl. The first-order valence-corrected chi connectivity index (χ1v) is 10.6. The molecule has 0 unspecified atom stereocenters. The van der Waals surface area contributed by atoms with Crippen molar-refractivity contribution in [1.29, 1.82) is 0 Å². The molecule has 0 saturated heterocycles. The Bertz CT molecular complexity index is 1660. The van der Waals surface area contributed by atoms with Crippen LogP contribution in [0.5, 0.6) is 0 Å². The van der Waals surface area contributed by atoms with Gasteiger partial charge in [0, 0.05) is 27.4 Å². The van der Waals surface area contributed by atoms with Gasteiger partial charge >= 0.3 is 11.6 Å². The van der Waals surface area contributed by atoms with E-state index in [1.54, 1.807) is 24.3 Å². The Hall–Kier alpha value is -3.91. The fraction of sp³-hybridized carbons (Fsp3) is 0.167. The number of carbonyl (C=O) groups is 1. The molecule has 3 aromatic heterocycles. The number of para-hydroxylation sites is 1. The molecule has 9 heteroatoms. The number of furan rings is 1. The second-order valence-corrected chi connectivity index (χ2v) is 7.91. The van der Waals surface area contributed by atoms with E-state index in [1.165, 1.54) is 12.4 Å². The second-order valence-electron chi connectivity index (χ2n) is 7.50. The molecule has 0 aliphatic carbocycles. The minimum atomic E-state index is -0.674. The number of hydrogen-bond acceptors (Lipinski definition) is 7. The summed E-state index contributed by atoms with van der Waals surface area (Å²) in [7, 11) is 0.